The Morgan fingerprint density at radius 3 is 2.44 bits per heavy atom. The maximum atomic E-state index is 11.3. The van der Waals surface area contributed by atoms with Crippen molar-refractivity contribution in [1.29, 1.82) is 0 Å². The molecule has 0 saturated heterocycles. The van der Waals surface area contributed by atoms with Gasteiger partial charge in [-0.25, -0.2) is 8.42 Å². The third-order valence-electron chi connectivity index (χ3n) is 1.89. The molecule has 1 aromatic rings. The number of methoxy groups -OCH3 is 1. The molecule has 0 heterocycles. The molecule has 0 spiro atoms. The topological polar surface area (TPSA) is 61.8 Å². The minimum Gasteiger partial charge on any atom is -0.490 e. The summed E-state index contributed by atoms with van der Waals surface area (Å²) < 4.78 is 37.7. The van der Waals surface area contributed by atoms with E-state index in [0.717, 1.165) is 0 Å². The highest BCUT2D eigenvalue weighted by molar-refractivity contribution is 8.13. The van der Waals surface area contributed by atoms with Gasteiger partial charge in [-0.1, -0.05) is 11.6 Å². The molecule has 0 N–H and O–H groups in total. The third-order valence-corrected chi connectivity index (χ3v) is 3.50. The molecule has 0 aliphatic heterocycles. The number of hydrogen-bond donors (Lipinski definition) is 0. The largest absolute Gasteiger partial charge is 0.490 e. The molecule has 1 aromatic carbocycles. The molecule has 102 valence electrons. The standard InChI is InChI=1S/C10H12Cl2O5S/c1-3-16-9-5-7(18(12,13)14)4-8(11)10(9)17-6-15-2/h4-5H,3,6H2,1-2H3. The lowest BCUT2D eigenvalue weighted by Crippen LogP contribution is -2.04. The summed E-state index contributed by atoms with van der Waals surface area (Å²) in [4.78, 5) is -0.151. The summed E-state index contributed by atoms with van der Waals surface area (Å²) in [6, 6.07) is 2.44. The molecule has 0 saturated carbocycles. The highest BCUT2D eigenvalue weighted by Gasteiger charge is 2.18. The van der Waals surface area contributed by atoms with E-state index in [1.807, 2.05) is 0 Å². The van der Waals surface area contributed by atoms with Crippen molar-refractivity contribution < 1.29 is 22.6 Å². The van der Waals surface area contributed by atoms with Gasteiger partial charge in [0.1, 0.15) is 0 Å². The van der Waals surface area contributed by atoms with Gasteiger partial charge in [0.25, 0.3) is 9.05 Å². The molecule has 1 rings (SSSR count). The normalized spacial score (nSPS) is 11.3. The van der Waals surface area contributed by atoms with Gasteiger partial charge in [0.15, 0.2) is 18.3 Å². The van der Waals surface area contributed by atoms with E-state index in [4.69, 9.17) is 36.5 Å². The van der Waals surface area contributed by atoms with Crippen LogP contribution < -0.4 is 9.47 Å². The zero-order valence-electron chi connectivity index (χ0n) is 9.77. The average Bonchev–Trinajstić information content (AvgIpc) is 2.27. The van der Waals surface area contributed by atoms with E-state index in [2.05, 4.69) is 0 Å². The summed E-state index contributed by atoms with van der Waals surface area (Å²) in [5.41, 5.74) is 0. The van der Waals surface area contributed by atoms with Crippen molar-refractivity contribution >= 4 is 31.3 Å². The molecule has 5 nitrogen and oxygen atoms in total. The molecule has 0 radical (unpaired) electrons. The molecule has 0 bridgehead atoms. The first kappa shape index (κ1) is 15.4. The van der Waals surface area contributed by atoms with Crippen molar-refractivity contribution in [2.75, 3.05) is 20.5 Å². The minimum atomic E-state index is -3.88. The number of ether oxygens (including phenoxy) is 3. The van der Waals surface area contributed by atoms with Crippen LogP contribution in [0.1, 0.15) is 6.92 Å². The Labute approximate surface area is 115 Å². The third kappa shape index (κ3) is 3.91. The first-order valence-electron chi connectivity index (χ1n) is 4.93. The second kappa shape index (κ2) is 6.47. The van der Waals surface area contributed by atoms with E-state index >= 15 is 0 Å². The lowest BCUT2D eigenvalue weighted by Gasteiger charge is -2.13. The molecule has 0 aromatic heterocycles. The average molecular weight is 315 g/mol. The van der Waals surface area contributed by atoms with Gasteiger partial charge in [0.2, 0.25) is 0 Å². The van der Waals surface area contributed by atoms with Crippen LogP contribution in [-0.2, 0) is 13.8 Å². The summed E-state index contributed by atoms with van der Waals surface area (Å²) in [5, 5.41) is 0.0808. The fourth-order valence-electron chi connectivity index (χ4n) is 1.21. The van der Waals surface area contributed by atoms with Crippen LogP contribution in [-0.4, -0.2) is 28.9 Å². The van der Waals surface area contributed by atoms with Crippen molar-refractivity contribution in [2.45, 2.75) is 11.8 Å². The van der Waals surface area contributed by atoms with Crippen LogP contribution in [0.4, 0.5) is 0 Å². The molecule has 0 aliphatic rings. The van der Waals surface area contributed by atoms with Crippen LogP contribution >= 0.6 is 22.3 Å². The molecule has 0 fully saturated rings. The predicted molar refractivity (Wildman–Crippen MR) is 68.2 cm³/mol. The molecule has 0 aliphatic carbocycles. The zero-order valence-corrected chi connectivity index (χ0v) is 12.1. The Kier molecular flexibility index (Phi) is 5.52. The first-order chi connectivity index (χ1) is 8.40. The molecule has 18 heavy (non-hydrogen) atoms. The van der Waals surface area contributed by atoms with Gasteiger partial charge in [-0.2, -0.15) is 0 Å². The van der Waals surface area contributed by atoms with Gasteiger partial charge in [0.05, 0.1) is 16.5 Å². The maximum absolute atomic E-state index is 11.3. The fraction of sp³-hybridized carbons (Fsp3) is 0.400. The van der Waals surface area contributed by atoms with Crippen molar-refractivity contribution in [3.8, 4) is 11.5 Å². The lowest BCUT2D eigenvalue weighted by atomic mass is 10.3. The van der Waals surface area contributed by atoms with E-state index in [9.17, 15) is 8.42 Å². The van der Waals surface area contributed by atoms with Crippen LogP contribution in [0.15, 0.2) is 17.0 Å². The Balaban J connectivity index is 3.26. The van der Waals surface area contributed by atoms with E-state index in [1.54, 1.807) is 6.92 Å². The van der Waals surface area contributed by atoms with Crippen LogP contribution in [0.25, 0.3) is 0 Å². The SMILES string of the molecule is CCOc1cc(S(=O)(=O)Cl)cc(Cl)c1OCOC. The van der Waals surface area contributed by atoms with Gasteiger partial charge in [-0.05, 0) is 13.0 Å². The van der Waals surface area contributed by atoms with Gasteiger partial charge >= 0.3 is 0 Å². The molecule has 0 amide bonds. The van der Waals surface area contributed by atoms with Crippen molar-refractivity contribution in [3.63, 3.8) is 0 Å². The summed E-state index contributed by atoms with van der Waals surface area (Å²) in [5.74, 6) is 0.408. The van der Waals surface area contributed by atoms with Gasteiger partial charge in [-0.3, -0.25) is 0 Å². The van der Waals surface area contributed by atoms with Crippen molar-refractivity contribution in [3.05, 3.63) is 17.2 Å². The number of rotatable bonds is 6. The summed E-state index contributed by atoms with van der Waals surface area (Å²) >= 11 is 5.93. The minimum absolute atomic E-state index is 0.0350. The monoisotopic (exact) mass is 314 g/mol. The first-order valence-corrected chi connectivity index (χ1v) is 7.61. The Bertz CT molecular complexity index is 515. The van der Waals surface area contributed by atoms with Crippen molar-refractivity contribution in [2.24, 2.45) is 0 Å². The van der Waals surface area contributed by atoms with Gasteiger partial charge in [-0.15, -0.1) is 0 Å². The second-order valence-corrected chi connectivity index (χ2v) is 6.13. The molecular weight excluding hydrogens is 303 g/mol. The molecule has 0 unspecified atom stereocenters. The highest BCUT2D eigenvalue weighted by atomic mass is 35.7. The highest BCUT2D eigenvalue weighted by Crippen LogP contribution is 2.38. The maximum Gasteiger partial charge on any atom is 0.261 e. The van der Waals surface area contributed by atoms with E-state index in [-0.39, 0.29) is 28.2 Å². The predicted octanol–water partition coefficient (Wildman–Crippen LogP) is 2.65. The summed E-state index contributed by atoms with van der Waals surface area (Å²) in [6.07, 6.45) is 0. The summed E-state index contributed by atoms with van der Waals surface area (Å²) in [6.45, 7) is 2.04. The number of benzene rings is 1. The van der Waals surface area contributed by atoms with E-state index < -0.39 is 9.05 Å². The van der Waals surface area contributed by atoms with E-state index in [0.29, 0.717) is 6.61 Å². The molecule has 8 heteroatoms. The summed E-state index contributed by atoms with van der Waals surface area (Å²) in [7, 11) is 2.82. The Morgan fingerprint density at radius 2 is 1.94 bits per heavy atom. The van der Waals surface area contributed by atoms with Crippen LogP contribution in [0.2, 0.25) is 5.02 Å². The lowest BCUT2D eigenvalue weighted by molar-refractivity contribution is 0.0487. The van der Waals surface area contributed by atoms with Crippen LogP contribution in [0.3, 0.4) is 0 Å². The smallest absolute Gasteiger partial charge is 0.261 e. The molecule has 0 atom stereocenters. The Hall–Kier alpha value is -0.690. The van der Waals surface area contributed by atoms with Crippen LogP contribution in [0.5, 0.6) is 11.5 Å². The van der Waals surface area contributed by atoms with E-state index in [1.165, 1.54) is 19.2 Å². The fourth-order valence-corrected chi connectivity index (χ4v) is 2.31. The zero-order chi connectivity index (χ0) is 13.8. The van der Waals surface area contributed by atoms with Crippen LogP contribution in [0, 0.1) is 0 Å². The van der Waals surface area contributed by atoms with Crippen molar-refractivity contribution in [1.82, 2.24) is 0 Å². The number of halogens is 2. The number of hydrogen-bond acceptors (Lipinski definition) is 5. The Morgan fingerprint density at radius 1 is 1.28 bits per heavy atom. The molecular formula is C10H12Cl2O5S. The quantitative estimate of drug-likeness (QED) is 0.596. The second-order valence-electron chi connectivity index (χ2n) is 3.15. The van der Waals surface area contributed by atoms with Gasteiger partial charge in [0, 0.05) is 23.9 Å². The van der Waals surface area contributed by atoms with Gasteiger partial charge < -0.3 is 14.2 Å².